The summed E-state index contributed by atoms with van der Waals surface area (Å²) in [5.74, 6) is 1.20. The number of likely N-dealkylation sites (tertiary alicyclic amines) is 1. The van der Waals surface area contributed by atoms with Crippen molar-refractivity contribution in [2.24, 2.45) is 0 Å². The summed E-state index contributed by atoms with van der Waals surface area (Å²) in [6.45, 7) is 4.73. The van der Waals surface area contributed by atoms with Crippen molar-refractivity contribution in [3.63, 3.8) is 0 Å². The fourth-order valence-corrected chi connectivity index (χ4v) is 2.61. The number of nitrogens with zero attached hydrogens (tertiary/aromatic N) is 2. The van der Waals surface area contributed by atoms with Crippen molar-refractivity contribution in [1.82, 2.24) is 15.1 Å². The first-order chi connectivity index (χ1) is 10.1. The van der Waals surface area contributed by atoms with Crippen molar-refractivity contribution in [1.29, 1.82) is 0 Å². The number of hydrogen-bond acceptors (Lipinski definition) is 4. The monoisotopic (exact) mass is 293 g/mol. The molecule has 1 aromatic heterocycles. The summed E-state index contributed by atoms with van der Waals surface area (Å²) >= 11 is 0. The summed E-state index contributed by atoms with van der Waals surface area (Å²) in [4.78, 5) is 16.5. The lowest BCUT2D eigenvalue weighted by Gasteiger charge is -2.25. The molecule has 0 spiro atoms. The van der Waals surface area contributed by atoms with Crippen molar-refractivity contribution >= 4 is 5.91 Å². The van der Waals surface area contributed by atoms with Gasteiger partial charge in [-0.1, -0.05) is 6.42 Å². The number of carbonyl (C=O) groups is 1. The second-order valence-corrected chi connectivity index (χ2v) is 6.02. The van der Waals surface area contributed by atoms with E-state index >= 15 is 0 Å². The van der Waals surface area contributed by atoms with Gasteiger partial charge in [0.05, 0.1) is 6.54 Å². The van der Waals surface area contributed by atoms with E-state index in [0.29, 0.717) is 12.3 Å². The van der Waals surface area contributed by atoms with Crippen LogP contribution in [0.25, 0.3) is 0 Å². The van der Waals surface area contributed by atoms with Crippen LogP contribution >= 0.6 is 0 Å². The van der Waals surface area contributed by atoms with Crippen LogP contribution in [0.3, 0.4) is 0 Å². The molecule has 0 saturated carbocycles. The number of furan rings is 1. The number of hydrogen-bond donors (Lipinski definition) is 1. The number of rotatable bonds is 7. The summed E-state index contributed by atoms with van der Waals surface area (Å²) in [6, 6.07) is 3.70. The molecule has 5 heteroatoms. The van der Waals surface area contributed by atoms with E-state index in [1.807, 2.05) is 20.2 Å². The third-order valence-electron chi connectivity index (χ3n) is 3.78. The van der Waals surface area contributed by atoms with Crippen LogP contribution in [0.5, 0.6) is 0 Å². The summed E-state index contributed by atoms with van der Waals surface area (Å²) in [5, 5.41) is 2.90. The van der Waals surface area contributed by atoms with Gasteiger partial charge in [-0.25, -0.2) is 0 Å². The van der Waals surface area contributed by atoms with Gasteiger partial charge in [0.15, 0.2) is 5.76 Å². The van der Waals surface area contributed by atoms with E-state index in [-0.39, 0.29) is 5.91 Å². The van der Waals surface area contributed by atoms with Gasteiger partial charge in [0.2, 0.25) is 0 Å². The van der Waals surface area contributed by atoms with Crippen LogP contribution in [0, 0.1) is 0 Å². The van der Waals surface area contributed by atoms with Gasteiger partial charge in [-0.2, -0.15) is 0 Å². The van der Waals surface area contributed by atoms with Crippen molar-refractivity contribution in [3.8, 4) is 0 Å². The van der Waals surface area contributed by atoms with Crippen LogP contribution in [0.4, 0.5) is 0 Å². The first-order valence-corrected chi connectivity index (χ1v) is 7.89. The lowest BCUT2D eigenvalue weighted by molar-refractivity contribution is 0.0920. The Labute approximate surface area is 127 Å². The molecule has 1 amide bonds. The fourth-order valence-electron chi connectivity index (χ4n) is 2.61. The van der Waals surface area contributed by atoms with Gasteiger partial charge in [-0.3, -0.25) is 9.69 Å². The maximum absolute atomic E-state index is 12.0. The second kappa shape index (κ2) is 8.20. The molecule has 1 fully saturated rings. The highest BCUT2D eigenvalue weighted by molar-refractivity contribution is 5.91. The Morgan fingerprint density at radius 1 is 1.29 bits per heavy atom. The van der Waals surface area contributed by atoms with Crippen LogP contribution in [-0.2, 0) is 6.54 Å². The molecule has 1 aliphatic heterocycles. The Hall–Kier alpha value is -1.33. The van der Waals surface area contributed by atoms with Crippen molar-refractivity contribution < 1.29 is 9.21 Å². The molecular formula is C16H27N3O2. The van der Waals surface area contributed by atoms with Crippen LogP contribution in [0.2, 0.25) is 0 Å². The predicted octanol–water partition coefficient (Wildman–Crippen LogP) is 1.95. The van der Waals surface area contributed by atoms with Gasteiger partial charge in [-0.05, 0) is 65.1 Å². The van der Waals surface area contributed by atoms with Crippen LogP contribution in [0.15, 0.2) is 16.5 Å². The van der Waals surface area contributed by atoms with Gasteiger partial charge < -0.3 is 14.6 Å². The van der Waals surface area contributed by atoms with Crippen molar-refractivity contribution in [2.45, 2.75) is 32.2 Å². The van der Waals surface area contributed by atoms with E-state index in [1.165, 1.54) is 19.3 Å². The maximum Gasteiger partial charge on any atom is 0.286 e. The minimum absolute atomic E-state index is 0.112. The number of amides is 1. The smallest absolute Gasteiger partial charge is 0.286 e. The average Bonchev–Trinajstić information content (AvgIpc) is 2.93. The van der Waals surface area contributed by atoms with Gasteiger partial charge >= 0.3 is 0 Å². The molecule has 2 heterocycles. The molecule has 21 heavy (non-hydrogen) atoms. The Kier molecular flexibility index (Phi) is 6.26. The molecule has 1 aromatic rings. The van der Waals surface area contributed by atoms with Gasteiger partial charge in [0.25, 0.3) is 5.91 Å². The zero-order valence-electron chi connectivity index (χ0n) is 13.2. The summed E-state index contributed by atoms with van der Waals surface area (Å²) < 4.78 is 5.66. The first kappa shape index (κ1) is 16.0. The Morgan fingerprint density at radius 3 is 2.76 bits per heavy atom. The Bertz CT molecular complexity index is 436. The highest BCUT2D eigenvalue weighted by Crippen LogP contribution is 2.15. The van der Waals surface area contributed by atoms with Crippen LogP contribution < -0.4 is 5.32 Å². The second-order valence-electron chi connectivity index (χ2n) is 6.02. The zero-order chi connectivity index (χ0) is 15.1. The van der Waals surface area contributed by atoms with E-state index in [2.05, 4.69) is 15.1 Å². The molecule has 0 radical (unpaired) electrons. The molecular weight excluding hydrogens is 266 g/mol. The van der Waals surface area contributed by atoms with E-state index in [4.69, 9.17) is 4.42 Å². The zero-order valence-corrected chi connectivity index (χ0v) is 13.2. The summed E-state index contributed by atoms with van der Waals surface area (Å²) in [7, 11) is 4.06. The SMILES string of the molecule is CN(C)CCCNC(=O)c1ccc(CN2CCCCC2)o1. The third-order valence-corrected chi connectivity index (χ3v) is 3.78. The lowest BCUT2D eigenvalue weighted by Crippen LogP contribution is -2.29. The molecule has 118 valence electrons. The minimum Gasteiger partial charge on any atom is -0.455 e. The molecule has 1 N–H and O–H groups in total. The fraction of sp³-hybridized carbons (Fsp3) is 0.688. The lowest BCUT2D eigenvalue weighted by atomic mass is 10.1. The highest BCUT2D eigenvalue weighted by Gasteiger charge is 2.15. The number of piperidine rings is 1. The van der Waals surface area contributed by atoms with Gasteiger partial charge in [0, 0.05) is 6.54 Å². The van der Waals surface area contributed by atoms with E-state index in [1.54, 1.807) is 6.07 Å². The molecule has 0 aliphatic carbocycles. The van der Waals surface area contributed by atoms with Crippen LogP contribution in [0.1, 0.15) is 42.0 Å². The number of carbonyl (C=O) groups excluding carboxylic acids is 1. The van der Waals surface area contributed by atoms with Crippen molar-refractivity contribution in [2.75, 3.05) is 40.3 Å². The molecule has 0 aromatic carbocycles. The molecule has 1 saturated heterocycles. The third kappa shape index (κ3) is 5.52. The normalized spacial score (nSPS) is 16.3. The topological polar surface area (TPSA) is 48.7 Å². The molecule has 5 nitrogen and oxygen atoms in total. The minimum atomic E-state index is -0.112. The average molecular weight is 293 g/mol. The predicted molar refractivity (Wildman–Crippen MR) is 83.3 cm³/mol. The quantitative estimate of drug-likeness (QED) is 0.781. The van der Waals surface area contributed by atoms with E-state index in [9.17, 15) is 4.79 Å². The molecule has 1 aliphatic rings. The van der Waals surface area contributed by atoms with Gasteiger partial charge in [0.1, 0.15) is 5.76 Å². The summed E-state index contributed by atoms with van der Waals surface area (Å²) in [5.41, 5.74) is 0. The standard InChI is InChI=1S/C16H27N3O2/c1-18(2)10-6-9-17-16(20)15-8-7-14(21-15)13-19-11-4-3-5-12-19/h7-8H,3-6,9-13H2,1-2H3,(H,17,20). The Morgan fingerprint density at radius 2 is 2.05 bits per heavy atom. The first-order valence-electron chi connectivity index (χ1n) is 7.89. The van der Waals surface area contributed by atoms with E-state index in [0.717, 1.165) is 38.4 Å². The van der Waals surface area contributed by atoms with Crippen molar-refractivity contribution in [3.05, 3.63) is 23.7 Å². The Balaban J connectivity index is 1.74. The summed E-state index contributed by atoms with van der Waals surface area (Å²) in [6.07, 6.45) is 4.80. The molecule has 0 atom stereocenters. The van der Waals surface area contributed by atoms with E-state index < -0.39 is 0 Å². The highest BCUT2D eigenvalue weighted by atomic mass is 16.4. The number of nitrogens with one attached hydrogen (secondary N) is 1. The van der Waals surface area contributed by atoms with Gasteiger partial charge in [-0.15, -0.1) is 0 Å². The van der Waals surface area contributed by atoms with Crippen LogP contribution in [-0.4, -0.2) is 56.0 Å². The maximum atomic E-state index is 12.0. The molecule has 2 rings (SSSR count). The largest absolute Gasteiger partial charge is 0.455 e. The molecule has 0 unspecified atom stereocenters. The molecule has 0 bridgehead atoms.